The number of nitrogens with zero attached hydrogens (tertiary/aromatic N) is 2. The third kappa shape index (κ3) is 6.26. The van der Waals surface area contributed by atoms with E-state index < -0.39 is 0 Å². The topological polar surface area (TPSA) is 6.48 Å². The van der Waals surface area contributed by atoms with Gasteiger partial charge in [0.2, 0.25) is 0 Å². The first-order valence-electron chi connectivity index (χ1n) is 19.8. The summed E-state index contributed by atoms with van der Waals surface area (Å²) in [5.74, 6) is 0. The Balaban J connectivity index is 1.02. The zero-order valence-electron chi connectivity index (χ0n) is 32.2. The summed E-state index contributed by atoms with van der Waals surface area (Å²) in [7, 11) is 0. The minimum Gasteiger partial charge on any atom is -0.310 e. The predicted octanol–water partition coefficient (Wildman–Crippen LogP) is 15.4. The van der Waals surface area contributed by atoms with E-state index in [0.717, 1.165) is 45.3 Å². The zero-order chi connectivity index (χ0) is 38.3. The molecule has 0 atom stereocenters. The highest BCUT2D eigenvalue weighted by Gasteiger charge is 2.35. The Bertz CT molecular complexity index is 2870. The highest BCUT2D eigenvalue weighted by Crippen LogP contribution is 2.50. The second-order valence-corrected chi connectivity index (χ2v) is 15.5. The summed E-state index contributed by atoms with van der Waals surface area (Å²) < 4.78 is 0. The van der Waals surface area contributed by atoms with Crippen LogP contribution >= 0.6 is 0 Å². The summed E-state index contributed by atoms with van der Waals surface area (Å²) in [5, 5.41) is 2.50. The van der Waals surface area contributed by atoms with Crippen LogP contribution in [0.3, 0.4) is 0 Å². The van der Waals surface area contributed by atoms with Crippen molar-refractivity contribution in [1.29, 1.82) is 0 Å². The average molecular weight is 731 g/mol. The summed E-state index contributed by atoms with van der Waals surface area (Å²) in [4.78, 5) is 4.73. The van der Waals surface area contributed by atoms with Crippen LogP contribution in [-0.4, -0.2) is 0 Å². The van der Waals surface area contributed by atoms with Gasteiger partial charge in [0, 0.05) is 39.5 Å². The lowest BCUT2D eigenvalue weighted by Gasteiger charge is -2.28. The predicted molar refractivity (Wildman–Crippen MR) is 242 cm³/mol. The molecule has 0 N–H and O–H groups in total. The minimum atomic E-state index is -0.0893. The van der Waals surface area contributed by atoms with E-state index in [-0.39, 0.29) is 5.41 Å². The van der Waals surface area contributed by atoms with Crippen molar-refractivity contribution >= 4 is 44.9 Å². The number of fused-ring (bicyclic) bond motifs is 4. The van der Waals surface area contributed by atoms with Crippen LogP contribution in [0.25, 0.3) is 44.2 Å². The van der Waals surface area contributed by atoms with Crippen molar-refractivity contribution in [3.8, 4) is 33.4 Å². The van der Waals surface area contributed by atoms with Crippen LogP contribution in [-0.2, 0) is 5.41 Å². The van der Waals surface area contributed by atoms with Crippen LogP contribution in [0, 0.1) is 0 Å². The fourth-order valence-electron chi connectivity index (χ4n) is 8.70. The molecule has 2 heteroatoms. The Morgan fingerprint density at radius 2 is 0.737 bits per heavy atom. The number of para-hydroxylation sites is 2. The number of hydrogen-bond donors (Lipinski definition) is 0. The highest BCUT2D eigenvalue weighted by molar-refractivity contribution is 5.89. The number of benzene rings is 9. The van der Waals surface area contributed by atoms with E-state index in [1.165, 1.54) is 44.2 Å². The van der Waals surface area contributed by atoms with Gasteiger partial charge in [-0.15, -0.1) is 0 Å². The number of rotatable bonds is 8. The molecule has 0 aliphatic heterocycles. The molecule has 0 saturated heterocycles. The number of anilines is 6. The molecule has 0 radical (unpaired) electrons. The Morgan fingerprint density at radius 1 is 0.281 bits per heavy atom. The summed E-state index contributed by atoms with van der Waals surface area (Å²) >= 11 is 0. The summed E-state index contributed by atoms with van der Waals surface area (Å²) in [6.07, 6.45) is 0. The molecule has 0 saturated carbocycles. The lowest BCUT2D eigenvalue weighted by Crippen LogP contribution is -2.16. The van der Waals surface area contributed by atoms with Crippen molar-refractivity contribution in [2.45, 2.75) is 19.3 Å². The monoisotopic (exact) mass is 730 g/mol. The molecule has 272 valence electrons. The maximum Gasteiger partial charge on any atom is 0.0467 e. The van der Waals surface area contributed by atoms with Gasteiger partial charge in [-0.25, -0.2) is 0 Å². The quantitative estimate of drug-likeness (QED) is 0.154. The van der Waals surface area contributed by atoms with Gasteiger partial charge >= 0.3 is 0 Å². The van der Waals surface area contributed by atoms with Crippen molar-refractivity contribution in [3.63, 3.8) is 0 Å². The van der Waals surface area contributed by atoms with E-state index in [1.807, 2.05) is 0 Å². The molecule has 9 aromatic rings. The second kappa shape index (κ2) is 14.2. The van der Waals surface area contributed by atoms with E-state index in [2.05, 4.69) is 242 Å². The van der Waals surface area contributed by atoms with Gasteiger partial charge in [0.1, 0.15) is 0 Å². The van der Waals surface area contributed by atoms with Crippen molar-refractivity contribution in [1.82, 2.24) is 0 Å². The Hall–Kier alpha value is -7.16. The SMILES string of the molecule is CC1(C)c2ccccc2-c2ccc(N(c3ccccc3)c3cccc(-c4cccc(N(c5ccccc5)c5ccc(-c6ccc7ccccc7c6)cc5)c4)c3)cc21. The van der Waals surface area contributed by atoms with Gasteiger partial charge in [-0.1, -0.05) is 153 Å². The molecule has 2 nitrogen and oxygen atoms in total. The minimum absolute atomic E-state index is 0.0893. The molecular formula is C55H42N2. The normalized spacial score (nSPS) is 12.5. The Morgan fingerprint density at radius 3 is 1.40 bits per heavy atom. The second-order valence-electron chi connectivity index (χ2n) is 15.5. The summed E-state index contributed by atoms with van der Waals surface area (Å²) in [5.41, 5.74) is 16.7. The van der Waals surface area contributed by atoms with Crippen molar-refractivity contribution in [2.24, 2.45) is 0 Å². The molecule has 1 aliphatic rings. The van der Waals surface area contributed by atoms with Crippen LogP contribution < -0.4 is 9.80 Å². The molecule has 0 amide bonds. The Kier molecular flexibility index (Phi) is 8.53. The molecule has 57 heavy (non-hydrogen) atoms. The van der Waals surface area contributed by atoms with Crippen molar-refractivity contribution < 1.29 is 0 Å². The lowest BCUT2D eigenvalue weighted by molar-refractivity contribution is 0.660. The molecule has 0 bridgehead atoms. The molecule has 0 spiro atoms. The first-order valence-corrected chi connectivity index (χ1v) is 19.8. The van der Waals surface area contributed by atoms with Gasteiger partial charge in [0.25, 0.3) is 0 Å². The van der Waals surface area contributed by atoms with Crippen LogP contribution in [0.4, 0.5) is 34.1 Å². The number of hydrogen-bond acceptors (Lipinski definition) is 2. The van der Waals surface area contributed by atoms with Gasteiger partial charge in [-0.3, -0.25) is 0 Å². The van der Waals surface area contributed by atoms with Crippen LogP contribution in [0.2, 0.25) is 0 Å². The average Bonchev–Trinajstić information content (AvgIpc) is 3.50. The third-order valence-corrected chi connectivity index (χ3v) is 11.6. The largest absolute Gasteiger partial charge is 0.310 e. The standard InChI is InChI=1S/C55H42N2/c1-55(2)53-26-12-11-25-51(53)52-34-33-50(38-54(52)55)57(46-21-7-4-8-22-46)49-24-14-18-43(37-49)42-17-13-23-48(36-42)56(45-19-5-3-6-20-45)47-31-29-40(30-32-47)44-28-27-39-15-9-10-16-41(39)35-44/h3-38H,1-2H3. The molecule has 0 heterocycles. The van der Waals surface area contributed by atoms with E-state index in [4.69, 9.17) is 0 Å². The molecule has 9 aromatic carbocycles. The van der Waals surface area contributed by atoms with E-state index >= 15 is 0 Å². The highest BCUT2D eigenvalue weighted by atomic mass is 15.1. The van der Waals surface area contributed by atoms with Crippen molar-refractivity contribution in [2.75, 3.05) is 9.80 Å². The summed E-state index contributed by atoms with van der Waals surface area (Å²) in [6.45, 7) is 4.69. The lowest BCUT2D eigenvalue weighted by atomic mass is 9.82. The summed E-state index contributed by atoms with van der Waals surface area (Å²) in [6, 6.07) is 79.2. The van der Waals surface area contributed by atoms with E-state index in [9.17, 15) is 0 Å². The third-order valence-electron chi connectivity index (χ3n) is 11.6. The van der Waals surface area contributed by atoms with Crippen molar-refractivity contribution in [3.05, 3.63) is 230 Å². The maximum atomic E-state index is 2.40. The molecule has 10 rings (SSSR count). The maximum absolute atomic E-state index is 2.40. The van der Waals surface area contributed by atoms with Crippen LogP contribution in [0.15, 0.2) is 218 Å². The molecule has 0 aromatic heterocycles. The van der Waals surface area contributed by atoms with Gasteiger partial charge in [-0.05, 0) is 134 Å². The first-order chi connectivity index (χ1) is 28.0. The van der Waals surface area contributed by atoms with E-state index in [1.54, 1.807) is 0 Å². The zero-order valence-corrected chi connectivity index (χ0v) is 32.2. The molecule has 0 fully saturated rings. The van der Waals surface area contributed by atoms with E-state index in [0.29, 0.717) is 0 Å². The molecular weight excluding hydrogens is 689 g/mol. The van der Waals surface area contributed by atoms with Crippen LogP contribution in [0.5, 0.6) is 0 Å². The fraction of sp³-hybridized carbons (Fsp3) is 0.0545. The molecule has 1 aliphatic carbocycles. The van der Waals surface area contributed by atoms with Gasteiger partial charge in [0.15, 0.2) is 0 Å². The van der Waals surface area contributed by atoms with Gasteiger partial charge in [0.05, 0.1) is 0 Å². The molecule has 0 unspecified atom stereocenters. The smallest absolute Gasteiger partial charge is 0.0467 e. The van der Waals surface area contributed by atoms with Gasteiger partial charge in [-0.2, -0.15) is 0 Å². The Labute approximate surface area is 335 Å². The van der Waals surface area contributed by atoms with Gasteiger partial charge < -0.3 is 9.80 Å². The first kappa shape index (κ1) is 34.3. The van der Waals surface area contributed by atoms with Crippen LogP contribution in [0.1, 0.15) is 25.0 Å². The fourth-order valence-corrected chi connectivity index (χ4v) is 8.70.